The number of amides is 1. The molecular formula is C13H16BrNO3. The number of halogens is 1. The van der Waals surface area contributed by atoms with Crippen LogP contribution in [0.15, 0.2) is 22.7 Å². The molecule has 0 spiro atoms. The van der Waals surface area contributed by atoms with Gasteiger partial charge in [-0.1, -0.05) is 36.7 Å². The van der Waals surface area contributed by atoms with Crippen molar-refractivity contribution in [3.63, 3.8) is 0 Å². The van der Waals surface area contributed by atoms with Gasteiger partial charge in [0.05, 0.1) is 12.1 Å². The number of carbonyl (C=O) groups is 2. The van der Waals surface area contributed by atoms with E-state index < -0.39 is 11.3 Å². The van der Waals surface area contributed by atoms with Crippen molar-refractivity contribution in [3.05, 3.63) is 28.2 Å². The molecule has 0 fully saturated rings. The van der Waals surface area contributed by atoms with Crippen LogP contribution in [-0.2, 0) is 4.79 Å². The zero-order valence-electron chi connectivity index (χ0n) is 10.6. The van der Waals surface area contributed by atoms with E-state index >= 15 is 0 Å². The zero-order chi connectivity index (χ0) is 13.9. The van der Waals surface area contributed by atoms with Gasteiger partial charge < -0.3 is 10.4 Å². The smallest absolute Gasteiger partial charge is 0.255 e. The number of phenols is 1. The zero-order valence-corrected chi connectivity index (χ0v) is 12.2. The monoisotopic (exact) mass is 313 g/mol. The number of benzene rings is 1. The first kappa shape index (κ1) is 14.7. The summed E-state index contributed by atoms with van der Waals surface area (Å²) >= 11 is 3.19. The Morgan fingerprint density at radius 1 is 1.33 bits per heavy atom. The maximum absolute atomic E-state index is 11.8. The quantitative estimate of drug-likeness (QED) is 0.901. The molecule has 2 N–H and O–H groups in total. The Balaban J connectivity index is 2.70. The Morgan fingerprint density at radius 2 is 1.94 bits per heavy atom. The maximum Gasteiger partial charge on any atom is 0.255 e. The van der Waals surface area contributed by atoms with Gasteiger partial charge in [-0.15, -0.1) is 0 Å². The lowest BCUT2D eigenvalue weighted by Crippen LogP contribution is -2.35. The fourth-order valence-corrected chi connectivity index (χ4v) is 1.57. The molecule has 18 heavy (non-hydrogen) atoms. The normalized spacial score (nSPS) is 11.1. The highest BCUT2D eigenvalue weighted by atomic mass is 79.9. The first-order chi connectivity index (χ1) is 8.21. The molecule has 0 saturated carbocycles. The number of hydrogen-bond donors (Lipinski definition) is 2. The average Bonchev–Trinajstić information content (AvgIpc) is 2.24. The van der Waals surface area contributed by atoms with Crippen LogP contribution in [-0.4, -0.2) is 23.3 Å². The molecular weight excluding hydrogens is 298 g/mol. The molecule has 0 aliphatic rings. The van der Waals surface area contributed by atoms with Gasteiger partial charge >= 0.3 is 0 Å². The first-order valence-electron chi connectivity index (χ1n) is 5.52. The summed E-state index contributed by atoms with van der Waals surface area (Å²) in [5.74, 6) is -0.643. The van der Waals surface area contributed by atoms with Gasteiger partial charge in [-0.2, -0.15) is 0 Å². The molecule has 0 atom stereocenters. The van der Waals surface area contributed by atoms with E-state index in [9.17, 15) is 14.7 Å². The highest BCUT2D eigenvalue weighted by Gasteiger charge is 2.22. The van der Waals surface area contributed by atoms with Crippen molar-refractivity contribution < 1.29 is 14.7 Å². The second kappa shape index (κ2) is 5.52. The number of rotatable bonds is 3. The first-order valence-corrected chi connectivity index (χ1v) is 6.31. The molecule has 4 nitrogen and oxygen atoms in total. The lowest BCUT2D eigenvalue weighted by Gasteiger charge is -2.16. The van der Waals surface area contributed by atoms with Crippen LogP contribution < -0.4 is 5.32 Å². The number of aromatic hydroxyl groups is 1. The van der Waals surface area contributed by atoms with Crippen molar-refractivity contribution in [1.82, 2.24) is 5.32 Å². The Hall–Kier alpha value is -1.36. The van der Waals surface area contributed by atoms with Gasteiger partial charge in [-0.05, 0) is 18.2 Å². The molecule has 98 valence electrons. The third kappa shape index (κ3) is 3.84. The third-order valence-corrected chi connectivity index (χ3v) is 2.94. The highest BCUT2D eigenvalue weighted by molar-refractivity contribution is 9.10. The molecule has 0 aliphatic heterocycles. The van der Waals surface area contributed by atoms with Gasteiger partial charge in [-0.3, -0.25) is 9.59 Å². The van der Waals surface area contributed by atoms with Crippen LogP contribution >= 0.6 is 15.9 Å². The molecule has 1 aromatic rings. The fourth-order valence-electron chi connectivity index (χ4n) is 1.22. The van der Waals surface area contributed by atoms with Gasteiger partial charge in [0.1, 0.15) is 5.75 Å². The van der Waals surface area contributed by atoms with Crippen molar-refractivity contribution in [1.29, 1.82) is 0 Å². The topological polar surface area (TPSA) is 66.4 Å². The van der Waals surface area contributed by atoms with Gasteiger partial charge in [-0.25, -0.2) is 0 Å². The molecule has 0 bridgehead atoms. The number of Topliss-reactive ketones (excluding diaryl/α,β-unsaturated/α-hetero) is 1. The van der Waals surface area contributed by atoms with Crippen molar-refractivity contribution >= 4 is 27.6 Å². The highest BCUT2D eigenvalue weighted by Crippen LogP contribution is 2.22. The number of carbonyl (C=O) groups excluding carboxylic acids is 2. The van der Waals surface area contributed by atoms with Gasteiger partial charge in [0.25, 0.3) is 5.91 Å². The molecule has 5 heteroatoms. The van der Waals surface area contributed by atoms with Crippen LogP contribution in [0.4, 0.5) is 0 Å². The minimum atomic E-state index is -0.491. The van der Waals surface area contributed by atoms with E-state index in [0.29, 0.717) is 4.47 Å². The lowest BCUT2D eigenvalue weighted by molar-refractivity contribution is -0.125. The molecule has 0 unspecified atom stereocenters. The fraction of sp³-hybridized carbons (Fsp3) is 0.385. The summed E-state index contributed by atoms with van der Waals surface area (Å²) < 4.78 is 0.683. The van der Waals surface area contributed by atoms with Crippen LogP contribution in [0.25, 0.3) is 0 Å². The van der Waals surface area contributed by atoms with Crippen LogP contribution in [0.5, 0.6) is 5.75 Å². The van der Waals surface area contributed by atoms with Gasteiger partial charge in [0.2, 0.25) is 0 Å². The predicted molar refractivity (Wildman–Crippen MR) is 72.6 cm³/mol. The van der Waals surface area contributed by atoms with E-state index in [2.05, 4.69) is 21.2 Å². The number of phenolic OH excluding ortho intramolecular Hbond substituents is 1. The summed E-state index contributed by atoms with van der Waals surface area (Å²) in [4.78, 5) is 23.4. The molecule has 0 radical (unpaired) electrons. The van der Waals surface area contributed by atoms with Crippen molar-refractivity contribution in [3.8, 4) is 5.75 Å². The molecule has 0 aliphatic carbocycles. The minimum absolute atomic E-state index is 0.0438. The number of nitrogens with one attached hydrogen (secondary N) is 1. The van der Waals surface area contributed by atoms with E-state index in [-0.39, 0.29) is 23.6 Å². The molecule has 0 heterocycles. The van der Waals surface area contributed by atoms with E-state index in [1.165, 1.54) is 12.1 Å². The van der Waals surface area contributed by atoms with Gasteiger partial charge in [0.15, 0.2) is 5.78 Å². The summed E-state index contributed by atoms with van der Waals surface area (Å²) in [5, 5.41) is 12.1. The standard InChI is InChI=1S/C13H16BrNO3/c1-13(2,3)11(17)7-15-12(18)9-5-4-8(14)6-10(9)16/h4-6,16H,7H2,1-3H3,(H,15,18). The van der Waals surface area contributed by atoms with Crippen LogP contribution in [0.3, 0.4) is 0 Å². The van der Waals surface area contributed by atoms with Crippen LogP contribution in [0, 0.1) is 5.41 Å². The van der Waals surface area contributed by atoms with Gasteiger partial charge in [0, 0.05) is 9.89 Å². The Morgan fingerprint density at radius 3 is 2.44 bits per heavy atom. The van der Waals surface area contributed by atoms with Crippen LogP contribution in [0.1, 0.15) is 31.1 Å². The van der Waals surface area contributed by atoms with Crippen LogP contribution in [0.2, 0.25) is 0 Å². The number of ketones is 1. The van der Waals surface area contributed by atoms with Crippen molar-refractivity contribution in [2.45, 2.75) is 20.8 Å². The minimum Gasteiger partial charge on any atom is -0.507 e. The molecule has 1 rings (SSSR count). The summed E-state index contributed by atoms with van der Waals surface area (Å²) in [6.45, 7) is 5.33. The second-order valence-corrected chi connectivity index (χ2v) is 5.93. The number of hydrogen-bond acceptors (Lipinski definition) is 3. The average molecular weight is 314 g/mol. The van der Waals surface area contributed by atoms with Crippen molar-refractivity contribution in [2.75, 3.05) is 6.54 Å². The summed E-state index contributed by atoms with van der Waals surface area (Å²) in [6, 6.07) is 4.58. The van der Waals surface area contributed by atoms with E-state index in [1.54, 1.807) is 26.8 Å². The summed E-state index contributed by atoms with van der Waals surface area (Å²) in [7, 11) is 0. The largest absolute Gasteiger partial charge is 0.507 e. The molecule has 0 aromatic heterocycles. The summed E-state index contributed by atoms with van der Waals surface area (Å²) in [6.07, 6.45) is 0. The third-order valence-electron chi connectivity index (χ3n) is 2.45. The molecule has 1 aromatic carbocycles. The molecule has 1 amide bonds. The summed E-state index contributed by atoms with van der Waals surface area (Å²) in [5.41, 5.74) is -0.338. The van der Waals surface area contributed by atoms with E-state index in [0.717, 1.165) is 0 Å². The SMILES string of the molecule is CC(C)(C)C(=O)CNC(=O)c1ccc(Br)cc1O. The lowest BCUT2D eigenvalue weighted by atomic mass is 9.91. The van der Waals surface area contributed by atoms with Crippen molar-refractivity contribution in [2.24, 2.45) is 5.41 Å². The maximum atomic E-state index is 11.8. The van der Waals surface area contributed by atoms with E-state index in [4.69, 9.17) is 0 Å². The Bertz CT molecular complexity index is 478. The predicted octanol–water partition coefficient (Wildman–Crippen LogP) is 2.50. The van der Waals surface area contributed by atoms with E-state index in [1.807, 2.05) is 0 Å². The second-order valence-electron chi connectivity index (χ2n) is 5.02. The Kier molecular flexibility index (Phi) is 4.51. The molecule has 0 saturated heterocycles. The Labute approximate surface area is 115 Å².